The number of halogens is 1. The van der Waals surface area contributed by atoms with Crippen LogP contribution in [0.2, 0.25) is 0 Å². The van der Waals surface area contributed by atoms with Gasteiger partial charge in [-0.2, -0.15) is 0 Å². The fourth-order valence-corrected chi connectivity index (χ4v) is 2.64. The van der Waals surface area contributed by atoms with E-state index in [9.17, 15) is 9.90 Å². The second kappa shape index (κ2) is 7.03. The molecule has 6 nitrogen and oxygen atoms in total. The van der Waals surface area contributed by atoms with E-state index in [0.717, 1.165) is 11.3 Å². The van der Waals surface area contributed by atoms with E-state index in [1.54, 1.807) is 45.2 Å². The molecule has 7 heteroatoms. The highest BCUT2D eigenvalue weighted by molar-refractivity contribution is 14.1. The number of nitrogens with one attached hydrogen (secondary N) is 1. The van der Waals surface area contributed by atoms with Crippen molar-refractivity contribution in [3.63, 3.8) is 0 Å². The van der Waals surface area contributed by atoms with Gasteiger partial charge < -0.3 is 15.2 Å². The number of anilines is 2. The molecule has 2 aromatic rings. The van der Waals surface area contributed by atoms with E-state index in [0.29, 0.717) is 22.8 Å². The summed E-state index contributed by atoms with van der Waals surface area (Å²) >= 11 is 1.90. The first-order valence-corrected chi connectivity index (χ1v) is 7.89. The van der Waals surface area contributed by atoms with Gasteiger partial charge in [0, 0.05) is 5.69 Å². The molecule has 0 aliphatic carbocycles. The predicted octanol–water partition coefficient (Wildman–Crippen LogP) is 4.11. The molecule has 0 aliphatic rings. The fourth-order valence-electron chi connectivity index (χ4n) is 2.05. The van der Waals surface area contributed by atoms with Gasteiger partial charge in [0.05, 0.1) is 35.7 Å². The van der Waals surface area contributed by atoms with Crippen LogP contribution in [-0.4, -0.2) is 23.2 Å². The highest BCUT2D eigenvalue weighted by atomic mass is 127. The van der Waals surface area contributed by atoms with Crippen LogP contribution in [0.25, 0.3) is 0 Å². The van der Waals surface area contributed by atoms with Crippen molar-refractivity contribution in [1.82, 2.24) is 4.98 Å². The monoisotopic (exact) mass is 427 g/mol. The molecule has 0 fully saturated rings. The third kappa shape index (κ3) is 3.66. The average molecular weight is 427 g/mol. The van der Waals surface area contributed by atoms with E-state index in [1.165, 1.54) is 3.11 Å². The lowest BCUT2D eigenvalue weighted by molar-refractivity contribution is 0.260. The number of ether oxygens (including phenoxy) is 1. The lowest BCUT2D eigenvalue weighted by Crippen LogP contribution is -2.27. The number of hydrogen-bond acceptors (Lipinski definition) is 4. The number of aryl methyl sites for hydroxylation is 1. The summed E-state index contributed by atoms with van der Waals surface area (Å²) in [4.78, 5) is 16.7. The molecule has 2 amide bonds. The minimum Gasteiger partial charge on any atom is -0.506 e. The molecule has 2 N–H and O–H groups in total. The molecule has 0 atom stereocenters. The third-order valence-electron chi connectivity index (χ3n) is 3.57. The van der Waals surface area contributed by atoms with Gasteiger partial charge in [-0.25, -0.2) is 12.9 Å². The van der Waals surface area contributed by atoms with E-state index in [4.69, 9.17) is 4.74 Å². The number of nitrogens with zero attached hydrogens (tertiary/aromatic N) is 2. The summed E-state index contributed by atoms with van der Waals surface area (Å²) in [5.41, 5.74) is 2.61. The van der Waals surface area contributed by atoms with Gasteiger partial charge in [-0.3, -0.25) is 0 Å². The second-order valence-corrected chi connectivity index (χ2v) is 6.02. The van der Waals surface area contributed by atoms with Crippen molar-refractivity contribution in [3.05, 3.63) is 41.1 Å². The zero-order valence-corrected chi connectivity index (χ0v) is 15.5. The van der Waals surface area contributed by atoms with Crippen molar-refractivity contribution in [2.75, 3.05) is 15.5 Å². The first kappa shape index (κ1) is 17.3. The van der Waals surface area contributed by atoms with Gasteiger partial charge in [0.2, 0.25) is 0 Å². The van der Waals surface area contributed by atoms with Crippen LogP contribution >= 0.6 is 22.9 Å². The summed E-state index contributed by atoms with van der Waals surface area (Å²) < 4.78 is 6.49. The smallest absolute Gasteiger partial charge is 0.336 e. The van der Waals surface area contributed by atoms with Crippen molar-refractivity contribution >= 4 is 40.4 Å². The maximum atomic E-state index is 12.4. The number of carbonyl (C=O) groups is 1. The zero-order chi connectivity index (χ0) is 17.1. The molecule has 0 aliphatic heterocycles. The number of hydrogen-bond donors (Lipinski definition) is 2. The van der Waals surface area contributed by atoms with Gasteiger partial charge >= 0.3 is 6.03 Å². The molecule has 1 aromatic heterocycles. The Morgan fingerprint density at radius 2 is 1.83 bits per heavy atom. The summed E-state index contributed by atoms with van der Waals surface area (Å²) in [5, 5.41) is 12.7. The molecule has 0 saturated carbocycles. The van der Waals surface area contributed by atoms with Crippen molar-refractivity contribution in [2.45, 2.75) is 20.8 Å². The van der Waals surface area contributed by atoms with Crippen LogP contribution in [0.1, 0.15) is 16.8 Å². The first-order chi connectivity index (χ1) is 10.8. The van der Waals surface area contributed by atoms with Gasteiger partial charge in [-0.1, -0.05) is 0 Å². The lowest BCUT2D eigenvalue weighted by atomic mass is 10.1. The standard InChI is InChI=1S/C16H18IN3O3/c1-9-10(2)15(18-11(3)14(9)21)20(17)16(22)19-12-5-7-13(23-4)8-6-12/h5-8,21H,1-4H3,(H,19,22). The Hall–Kier alpha value is -2.03. The van der Waals surface area contributed by atoms with E-state index in [2.05, 4.69) is 10.3 Å². The van der Waals surface area contributed by atoms with Gasteiger partial charge in [0.25, 0.3) is 0 Å². The van der Waals surface area contributed by atoms with Crippen molar-refractivity contribution in [1.29, 1.82) is 0 Å². The molecule has 0 bridgehead atoms. The van der Waals surface area contributed by atoms with E-state index in [1.807, 2.05) is 29.8 Å². The Labute approximate surface area is 149 Å². The summed E-state index contributed by atoms with van der Waals surface area (Å²) in [6.07, 6.45) is 0. The van der Waals surface area contributed by atoms with E-state index < -0.39 is 0 Å². The number of aromatic nitrogens is 1. The van der Waals surface area contributed by atoms with E-state index >= 15 is 0 Å². The largest absolute Gasteiger partial charge is 0.506 e. The summed E-state index contributed by atoms with van der Waals surface area (Å²) in [6, 6.07) is 6.73. The quantitative estimate of drug-likeness (QED) is 0.571. The van der Waals surface area contributed by atoms with Gasteiger partial charge in [-0.15, -0.1) is 0 Å². The summed E-state index contributed by atoms with van der Waals surface area (Å²) in [5.74, 6) is 1.38. The first-order valence-electron chi connectivity index (χ1n) is 6.92. The van der Waals surface area contributed by atoms with Crippen molar-refractivity contribution in [2.24, 2.45) is 0 Å². The number of pyridine rings is 1. The maximum absolute atomic E-state index is 12.4. The lowest BCUT2D eigenvalue weighted by Gasteiger charge is -2.19. The number of benzene rings is 1. The molecule has 0 saturated heterocycles. The number of rotatable bonds is 3. The van der Waals surface area contributed by atoms with Crippen LogP contribution in [0.4, 0.5) is 16.3 Å². The van der Waals surface area contributed by atoms with Gasteiger partial charge in [0.15, 0.2) is 0 Å². The number of urea groups is 1. The van der Waals surface area contributed by atoms with Crippen molar-refractivity contribution < 1.29 is 14.6 Å². The number of methoxy groups -OCH3 is 1. The van der Waals surface area contributed by atoms with Gasteiger partial charge in [0.1, 0.15) is 17.3 Å². The Balaban J connectivity index is 2.22. The molecule has 0 unspecified atom stereocenters. The molecule has 122 valence electrons. The van der Waals surface area contributed by atoms with Crippen LogP contribution in [0, 0.1) is 20.8 Å². The molecular weight excluding hydrogens is 409 g/mol. The van der Waals surface area contributed by atoms with Crippen LogP contribution in [0.5, 0.6) is 11.5 Å². The minimum absolute atomic E-state index is 0.159. The van der Waals surface area contributed by atoms with Crippen LogP contribution < -0.4 is 13.2 Å². The molecule has 0 spiro atoms. The topological polar surface area (TPSA) is 74.7 Å². The SMILES string of the molecule is COc1ccc(NC(=O)N(I)c2nc(C)c(O)c(C)c2C)cc1. The third-order valence-corrected chi connectivity index (χ3v) is 4.47. The van der Waals surface area contributed by atoms with E-state index in [-0.39, 0.29) is 11.8 Å². The molecular formula is C16H18IN3O3. The maximum Gasteiger partial charge on any atom is 0.336 e. The minimum atomic E-state index is -0.323. The highest BCUT2D eigenvalue weighted by Gasteiger charge is 2.20. The number of amides is 2. The van der Waals surface area contributed by atoms with Crippen LogP contribution in [-0.2, 0) is 0 Å². The zero-order valence-electron chi connectivity index (χ0n) is 13.3. The average Bonchev–Trinajstić information content (AvgIpc) is 2.56. The Bertz CT molecular complexity index is 732. The molecule has 1 aromatic carbocycles. The highest BCUT2D eigenvalue weighted by Crippen LogP contribution is 2.31. The molecule has 2 rings (SSSR count). The Morgan fingerprint density at radius 1 is 1.22 bits per heavy atom. The number of carbonyl (C=O) groups excluding carboxylic acids is 1. The van der Waals surface area contributed by atoms with Gasteiger partial charge in [-0.05, 0) is 56.2 Å². The summed E-state index contributed by atoms with van der Waals surface area (Å²) in [7, 11) is 1.59. The summed E-state index contributed by atoms with van der Waals surface area (Å²) in [6.45, 7) is 5.33. The molecule has 23 heavy (non-hydrogen) atoms. The van der Waals surface area contributed by atoms with Crippen molar-refractivity contribution in [3.8, 4) is 11.5 Å². The molecule has 1 heterocycles. The Morgan fingerprint density at radius 3 is 2.39 bits per heavy atom. The predicted molar refractivity (Wildman–Crippen MR) is 98.6 cm³/mol. The second-order valence-electron chi connectivity index (χ2n) is 5.06. The molecule has 0 radical (unpaired) electrons. The Kier molecular flexibility index (Phi) is 5.30. The fraction of sp³-hybridized carbons (Fsp3) is 0.250. The van der Waals surface area contributed by atoms with Crippen LogP contribution in [0.15, 0.2) is 24.3 Å². The van der Waals surface area contributed by atoms with Crippen LogP contribution in [0.3, 0.4) is 0 Å². The normalized spacial score (nSPS) is 10.3. The number of aromatic hydroxyl groups is 1.